The zero-order chi connectivity index (χ0) is 22.5. The summed E-state index contributed by atoms with van der Waals surface area (Å²) in [7, 11) is 0. The minimum atomic E-state index is 0.710. The Morgan fingerprint density at radius 1 is 0.515 bits per heavy atom. The normalized spacial score (nSPS) is 11.1. The summed E-state index contributed by atoms with van der Waals surface area (Å²) < 4.78 is 2.02. The van der Waals surface area contributed by atoms with E-state index in [1.54, 1.807) is 0 Å². The number of aromatic nitrogens is 1. The second-order valence-corrected chi connectivity index (χ2v) is 8.16. The monoisotopic (exact) mass is 445 g/mol. The van der Waals surface area contributed by atoms with E-state index in [2.05, 4.69) is 84.9 Å². The van der Waals surface area contributed by atoms with E-state index in [4.69, 9.17) is 16.7 Å². The number of nitrogens with zero attached hydrogens (tertiary/aromatic N) is 2. The standard InChI is InChI=1S/C30H22ClN2/c31-28-18-16-23(17-19-28)22-32-33-29(25-12-6-2-7-13-25)20-27(24-10-4-1-5-11-24)21-30(33)26-14-8-3-9-15-26/h1-22H/q+1/b32-22+. The fraction of sp³-hybridized carbons (Fsp3) is 0. The maximum absolute atomic E-state index is 6.07. The predicted octanol–water partition coefficient (Wildman–Crippen LogP) is 7.51. The lowest BCUT2D eigenvalue weighted by atomic mass is 10.00. The van der Waals surface area contributed by atoms with E-state index in [0.717, 1.165) is 33.6 Å². The van der Waals surface area contributed by atoms with Crippen LogP contribution in [0.1, 0.15) is 5.56 Å². The first-order valence-electron chi connectivity index (χ1n) is 10.8. The summed E-state index contributed by atoms with van der Waals surface area (Å²) in [5.41, 5.74) is 7.52. The molecule has 0 amide bonds. The van der Waals surface area contributed by atoms with Crippen LogP contribution in [0.3, 0.4) is 0 Å². The summed E-state index contributed by atoms with van der Waals surface area (Å²) in [6.07, 6.45) is 1.87. The minimum Gasteiger partial charge on any atom is -0.0843 e. The highest BCUT2D eigenvalue weighted by Crippen LogP contribution is 2.29. The Balaban J connectivity index is 1.76. The lowest BCUT2D eigenvalue weighted by Gasteiger charge is -2.09. The highest BCUT2D eigenvalue weighted by Gasteiger charge is 2.23. The first-order valence-corrected chi connectivity index (χ1v) is 11.2. The van der Waals surface area contributed by atoms with Crippen molar-refractivity contribution < 1.29 is 4.68 Å². The number of hydrogen-bond acceptors (Lipinski definition) is 1. The molecule has 0 aliphatic heterocycles. The Bertz CT molecular complexity index is 1320. The first kappa shape index (κ1) is 20.9. The highest BCUT2D eigenvalue weighted by atomic mass is 35.5. The summed E-state index contributed by atoms with van der Waals surface area (Å²) in [6.45, 7) is 0. The Kier molecular flexibility index (Phi) is 6.10. The lowest BCUT2D eigenvalue weighted by molar-refractivity contribution is -0.656. The van der Waals surface area contributed by atoms with E-state index < -0.39 is 0 Å². The van der Waals surface area contributed by atoms with Crippen molar-refractivity contribution in [1.82, 2.24) is 0 Å². The number of rotatable bonds is 5. The van der Waals surface area contributed by atoms with Crippen molar-refractivity contribution in [2.24, 2.45) is 5.10 Å². The third-order valence-electron chi connectivity index (χ3n) is 5.48. The average Bonchev–Trinajstić information content (AvgIpc) is 2.89. The molecule has 0 saturated carbocycles. The molecule has 0 aliphatic carbocycles. The van der Waals surface area contributed by atoms with Crippen molar-refractivity contribution in [3.05, 3.63) is 138 Å². The zero-order valence-electron chi connectivity index (χ0n) is 18.0. The molecule has 5 aromatic rings. The van der Waals surface area contributed by atoms with Gasteiger partial charge >= 0.3 is 0 Å². The Labute approximate surface area is 199 Å². The fourth-order valence-electron chi connectivity index (χ4n) is 3.81. The maximum Gasteiger partial charge on any atom is 0.246 e. The summed E-state index contributed by atoms with van der Waals surface area (Å²) in [5, 5.41) is 5.65. The Hall–Kier alpha value is -4.01. The molecule has 5 rings (SSSR count). The topological polar surface area (TPSA) is 16.2 Å². The van der Waals surface area contributed by atoms with Crippen molar-refractivity contribution >= 4 is 17.8 Å². The van der Waals surface area contributed by atoms with Crippen LogP contribution >= 0.6 is 11.6 Å². The van der Waals surface area contributed by atoms with Crippen LogP contribution in [-0.2, 0) is 0 Å². The average molecular weight is 446 g/mol. The smallest absolute Gasteiger partial charge is 0.0843 e. The van der Waals surface area contributed by atoms with Crippen LogP contribution in [0.25, 0.3) is 33.6 Å². The van der Waals surface area contributed by atoms with E-state index in [-0.39, 0.29) is 0 Å². The molecule has 1 aromatic heterocycles. The summed E-state index contributed by atoms with van der Waals surface area (Å²) in [5.74, 6) is 0. The number of pyridine rings is 1. The fourth-order valence-corrected chi connectivity index (χ4v) is 3.94. The largest absolute Gasteiger partial charge is 0.246 e. The molecule has 4 aromatic carbocycles. The number of halogens is 1. The quantitative estimate of drug-likeness (QED) is 0.196. The van der Waals surface area contributed by atoms with Gasteiger partial charge in [-0.2, -0.15) is 0 Å². The summed E-state index contributed by atoms with van der Waals surface area (Å²) in [6, 6.07) is 43.3. The molecule has 0 saturated heterocycles. The molecule has 2 nitrogen and oxygen atoms in total. The highest BCUT2D eigenvalue weighted by molar-refractivity contribution is 6.30. The van der Waals surface area contributed by atoms with Gasteiger partial charge in [0.25, 0.3) is 0 Å². The Morgan fingerprint density at radius 2 is 0.970 bits per heavy atom. The molecule has 158 valence electrons. The van der Waals surface area contributed by atoms with E-state index in [9.17, 15) is 0 Å². The third-order valence-corrected chi connectivity index (χ3v) is 5.73. The van der Waals surface area contributed by atoms with Gasteiger partial charge in [-0.3, -0.25) is 0 Å². The second kappa shape index (κ2) is 9.64. The van der Waals surface area contributed by atoms with Crippen molar-refractivity contribution in [2.45, 2.75) is 0 Å². The molecule has 0 radical (unpaired) electrons. The SMILES string of the molecule is Clc1ccc(/C=N/[n+]2c(-c3ccccc3)cc(-c3ccccc3)cc2-c2ccccc2)cc1. The summed E-state index contributed by atoms with van der Waals surface area (Å²) in [4.78, 5) is 0. The van der Waals surface area contributed by atoms with E-state index in [0.29, 0.717) is 5.02 Å². The van der Waals surface area contributed by atoms with E-state index in [1.807, 2.05) is 53.4 Å². The van der Waals surface area contributed by atoms with Gasteiger partial charge < -0.3 is 0 Å². The van der Waals surface area contributed by atoms with Gasteiger partial charge in [0.05, 0.1) is 0 Å². The molecule has 0 aliphatic rings. The van der Waals surface area contributed by atoms with Crippen LogP contribution in [0.15, 0.2) is 132 Å². The Morgan fingerprint density at radius 3 is 1.45 bits per heavy atom. The van der Waals surface area contributed by atoms with Crippen LogP contribution in [-0.4, -0.2) is 6.21 Å². The van der Waals surface area contributed by atoms with Crippen molar-refractivity contribution in [3.8, 4) is 33.6 Å². The maximum atomic E-state index is 6.07. The van der Waals surface area contributed by atoms with Crippen LogP contribution in [0, 0.1) is 0 Å². The van der Waals surface area contributed by atoms with Gasteiger partial charge in [0.2, 0.25) is 11.4 Å². The predicted molar refractivity (Wildman–Crippen MR) is 137 cm³/mol. The van der Waals surface area contributed by atoms with Gasteiger partial charge in [-0.05, 0) is 62.9 Å². The van der Waals surface area contributed by atoms with Gasteiger partial charge in [-0.25, -0.2) is 0 Å². The molecule has 0 N–H and O–H groups in total. The van der Waals surface area contributed by atoms with Crippen molar-refractivity contribution in [1.29, 1.82) is 0 Å². The van der Waals surface area contributed by atoms with Crippen LogP contribution in [0.4, 0.5) is 0 Å². The molecule has 0 spiro atoms. The zero-order valence-corrected chi connectivity index (χ0v) is 18.7. The van der Waals surface area contributed by atoms with Crippen LogP contribution in [0.2, 0.25) is 5.02 Å². The minimum absolute atomic E-state index is 0.710. The summed E-state index contributed by atoms with van der Waals surface area (Å²) >= 11 is 6.07. The molecule has 33 heavy (non-hydrogen) atoms. The van der Waals surface area contributed by atoms with Crippen molar-refractivity contribution in [3.63, 3.8) is 0 Å². The van der Waals surface area contributed by atoms with Gasteiger partial charge in [-0.1, -0.05) is 90.5 Å². The molecular formula is C30H22ClN2+. The van der Waals surface area contributed by atoms with Crippen LogP contribution in [0.5, 0.6) is 0 Å². The number of benzene rings is 4. The molecule has 0 unspecified atom stereocenters. The van der Waals surface area contributed by atoms with Crippen molar-refractivity contribution in [2.75, 3.05) is 0 Å². The number of hydrogen-bond donors (Lipinski definition) is 0. The van der Waals surface area contributed by atoms with Gasteiger partial charge in [0, 0.05) is 28.3 Å². The van der Waals surface area contributed by atoms with Crippen LogP contribution < -0.4 is 4.68 Å². The van der Waals surface area contributed by atoms with E-state index >= 15 is 0 Å². The molecule has 1 heterocycles. The molecule has 0 bridgehead atoms. The van der Waals surface area contributed by atoms with Gasteiger partial charge in [-0.15, -0.1) is 0 Å². The molecule has 0 atom stereocenters. The first-order chi connectivity index (χ1) is 16.3. The second-order valence-electron chi connectivity index (χ2n) is 7.72. The van der Waals surface area contributed by atoms with Gasteiger partial charge in [0.15, 0.2) is 0 Å². The molecule has 0 fully saturated rings. The third kappa shape index (κ3) is 4.77. The molecule has 3 heteroatoms. The van der Waals surface area contributed by atoms with E-state index in [1.165, 1.54) is 5.56 Å². The lowest BCUT2D eigenvalue weighted by Crippen LogP contribution is -2.34. The van der Waals surface area contributed by atoms with Gasteiger partial charge in [0.1, 0.15) is 6.21 Å². The molecular weight excluding hydrogens is 424 g/mol.